The number of piperidine rings is 2. The van der Waals surface area contributed by atoms with Gasteiger partial charge in [0.15, 0.2) is 0 Å². The second kappa shape index (κ2) is 12.6. The molecule has 4 atom stereocenters. The highest BCUT2D eigenvalue weighted by molar-refractivity contribution is 6.33. The van der Waals surface area contributed by atoms with E-state index >= 15 is 0 Å². The van der Waals surface area contributed by atoms with Crippen LogP contribution < -0.4 is 10.6 Å². The van der Waals surface area contributed by atoms with Gasteiger partial charge in [0.2, 0.25) is 11.6 Å². The van der Waals surface area contributed by atoms with Crippen molar-refractivity contribution in [3.63, 3.8) is 0 Å². The Balaban J connectivity index is 1.44. The molecule has 10 nitrogen and oxygen atoms in total. The molecule has 0 radical (unpaired) electrons. The first-order chi connectivity index (χ1) is 20.1. The molecule has 228 valence electrons. The van der Waals surface area contributed by atoms with Crippen LogP contribution in [-0.2, 0) is 0 Å². The molecule has 0 bridgehead atoms. The Kier molecular flexibility index (Phi) is 9.22. The molecule has 2 aliphatic heterocycles. The van der Waals surface area contributed by atoms with Crippen LogP contribution >= 0.6 is 23.2 Å². The highest BCUT2D eigenvalue weighted by Crippen LogP contribution is 2.42. The molecular weight excluding hydrogens is 583 g/mol. The first-order valence-electron chi connectivity index (χ1n) is 14.7. The predicted octanol–water partition coefficient (Wildman–Crippen LogP) is 4.91. The molecule has 42 heavy (non-hydrogen) atoms. The van der Waals surface area contributed by atoms with Gasteiger partial charge in [-0.3, -0.25) is 9.59 Å². The number of alkyl halides is 2. The lowest BCUT2D eigenvalue weighted by atomic mass is 9.81. The second-order valence-electron chi connectivity index (χ2n) is 11.7. The number of phenolic OH excluding ortho intramolecular Hbond substituents is 2. The van der Waals surface area contributed by atoms with Crippen LogP contribution in [0.4, 0.5) is 11.4 Å². The SMILES string of the molecule is O=C1c2c(O)ccc(O)c2C(=O)c2c(NCC[N+]3([O-])CCCCC3CCl)ccc(NCC[N+]3([O-])CCCCC3CCl)c21. The molecule has 4 N–H and O–H groups in total. The zero-order valence-corrected chi connectivity index (χ0v) is 25.1. The van der Waals surface area contributed by atoms with E-state index in [0.717, 1.165) is 38.5 Å². The number of halogens is 2. The van der Waals surface area contributed by atoms with Gasteiger partial charge >= 0.3 is 0 Å². The number of nitrogens with one attached hydrogen (secondary N) is 2. The number of aromatic hydroxyl groups is 2. The van der Waals surface area contributed by atoms with Crippen LogP contribution in [0.3, 0.4) is 0 Å². The van der Waals surface area contributed by atoms with Crippen LogP contribution in [-0.4, -0.2) is 94.2 Å². The molecule has 1 aliphatic carbocycles. The van der Waals surface area contributed by atoms with Gasteiger partial charge in [-0.2, -0.15) is 0 Å². The summed E-state index contributed by atoms with van der Waals surface area (Å²) < 4.78 is -0.831. The maximum Gasteiger partial charge on any atom is 0.200 e. The van der Waals surface area contributed by atoms with Crippen LogP contribution in [0, 0.1) is 10.4 Å². The van der Waals surface area contributed by atoms with Crippen molar-refractivity contribution in [2.75, 3.05) is 61.7 Å². The summed E-state index contributed by atoms with van der Waals surface area (Å²) >= 11 is 12.2. The number of anilines is 2. The van der Waals surface area contributed by atoms with E-state index in [-0.39, 0.29) is 72.3 Å². The summed E-state index contributed by atoms with van der Waals surface area (Å²) in [4.78, 5) is 27.7. The Morgan fingerprint density at radius 1 is 0.690 bits per heavy atom. The number of likely N-dealkylation sites (tertiary alicyclic amines) is 2. The van der Waals surface area contributed by atoms with Gasteiger partial charge in [0.05, 0.1) is 73.3 Å². The van der Waals surface area contributed by atoms with Gasteiger partial charge < -0.3 is 40.6 Å². The summed E-state index contributed by atoms with van der Waals surface area (Å²) in [5, 5.41) is 54.4. The smallest absolute Gasteiger partial charge is 0.200 e. The van der Waals surface area contributed by atoms with Crippen molar-refractivity contribution in [1.82, 2.24) is 0 Å². The van der Waals surface area contributed by atoms with Crippen molar-refractivity contribution in [2.24, 2.45) is 0 Å². The summed E-state index contributed by atoms with van der Waals surface area (Å²) in [6.07, 6.45) is 5.14. The van der Waals surface area contributed by atoms with Crippen LogP contribution in [0.25, 0.3) is 0 Å². The fraction of sp³-hybridized carbons (Fsp3) is 0.533. The number of benzene rings is 2. The zero-order valence-electron chi connectivity index (χ0n) is 23.5. The third kappa shape index (κ3) is 5.68. The fourth-order valence-electron chi connectivity index (χ4n) is 6.77. The van der Waals surface area contributed by atoms with Gasteiger partial charge in [0.1, 0.15) is 23.6 Å². The number of hydroxylamine groups is 6. The molecule has 0 spiro atoms. The molecule has 0 amide bonds. The molecule has 3 aliphatic rings. The molecule has 4 unspecified atom stereocenters. The monoisotopic (exact) mass is 620 g/mol. The van der Waals surface area contributed by atoms with E-state index in [9.17, 15) is 30.2 Å². The van der Waals surface area contributed by atoms with Gasteiger partial charge in [0, 0.05) is 24.2 Å². The van der Waals surface area contributed by atoms with Crippen LogP contribution in [0.2, 0.25) is 0 Å². The molecule has 2 saturated heterocycles. The molecule has 2 aromatic rings. The highest BCUT2D eigenvalue weighted by atomic mass is 35.5. The number of fused-ring (bicyclic) bond motifs is 2. The van der Waals surface area contributed by atoms with Gasteiger partial charge in [-0.15, -0.1) is 23.2 Å². The summed E-state index contributed by atoms with van der Waals surface area (Å²) in [6, 6.07) is 5.29. The van der Waals surface area contributed by atoms with Crippen molar-refractivity contribution in [3.05, 3.63) is 56.9 Å². The van der Waals surface area contributed by atoms with Crippen LogP contribution in [0.1, 0.15) is 70.4 Å². The van der Waals surface area contributed by atoms with E-state index in [1.54, 1.807) is 12.1 Å². The summed E-state index contributed by atoms with van der Waals surface area (Å²) in [5.74, 6) is -1.50. The number of quaternary nitrogens is 2. The Hall–Kier alpha value is -2.60. The van der Waals surface area contributed by atoms with Crippen LogP contribution in [0.5, 0.6) is 11.5 Å². The lowest BCUT2D eigenvalue weighted by Gasteiger charge is -2.51. The average Bonchev–Trinajstić information content (AvgIpc) is 2.97. The fourth-order valence-corrected chi connectivity index (χ4v) is 7.58. The zero-order chi connectivity index (χ0) is 30.1. The third-order valence-electron chi connectivity index (χ3n) is 9.22. The standard InChI is InChI=1S/C30H38Cl2N4O6/c31-17-19-5-1-3-13-35(19,41)15-11-33-21-7-8-22(34-12-16-36(42)14-4-2-6-20(36)18-32)26-25(21)29(39)27-23(37)9-10-24(38)28(27)30(26)40/h7-10,19-20,33-34,37-38H,1-6,11-18H2. The van der Waals surface area contributed by atoms with Gasteiger partial charge in [0.25, 0.3) is 0 Å². The van der Waals surface area contributed by atoms with Gasteiger partial charge in [-0.1, -0.05) is 0 Å². The number of hydrogen-bond donors (Lipinski definition) is 4. The number of nitrogens with zero attached hydrogens (tertiary/aromatic N) is 2. The van der Waals surface area contributed by atoms with Crippen molar-refractivity contribution in [2.45, 2.75) is 50.6 Å². The molecule has 2 fully saturated rings. The minimum Gasteiger partial charge on any atom is -0.633 e. The van der Waals surface area contributed by atoms with E-state index in [1.807, 2.05) is 0 Å². The molecule has 0 aromatic heterocycles. The quantitative estimate of drug-likeness (QED) is 0.108. The van der Waals surface area contributed by atoms with Crippen molar-refractivity contribution >= 4 is 46.1 Å². The van der Waals surface area contributed by atoms with E-state index in [0.29, 0.717) is 24.5 Å². The Morgan fingerprint density at radius 2 is 1.10 bits per heavy atom. The van der Waals surface area contributed by atoms with E-state index in [2.05, 4.69) is 10.6 Å². The van der Waals surface area contributed by atoms with Crippen molar-refractivity contribution < 1.29 is 29.1 Å². The van der Waals surface area contributed by atoms with E-state index < -0.39 is 32.4 Å². The summed E-state index contributed by atoms with van der Waals surface area (Å²) in [7, 11) is 0. The number of carbonyl (C=O) groups is 2. The van der Waals surface area contributed by atoms with Crippen LogP contribution in [0.15, 0.2) is 24.3 Å². The average molecular weight is 622 g/mol. The first kappa shape index (κ1) is 30.8. The maximum absolute atomic E-state index is 13.8. The van der Waals surface area contributed by atoms with Gasteiger partial charge in [-0.05, 0) is 49.9 Å². The minimum absolute atomic E-state index is 0.0472. The molecule has 5 rings (SSSR count). The van der Waals surface area contributed by atoms with Crippen molar-refractivity contribution in [3.8, 4) is 11.5 Å². The Morgan fingerprint density at radius 3 is 1.48 bits per heavy atom. The molecular formula is C30H38Cl2N4O6. The minimum atomic E-state index is -0.618. The summed E-state index contributed by atoms with van der Waals surface area (Å²) in [6.45, 7) is 1.91. The highest BCUT2D eigenvalue weighted by Gasteiger charge is 2.39. The van der Waals surface area contributed by atoms with E-state index in [4.69, 9.17) is 23.2 Å². The lowest BCUT2D eigenvalue weighted by Crippen LogP contribution is -2.56. The van der Waals surface area contributed by atoms with Crippen molar-refractivity contribution in [1.29, 1.82) is 0 Å². The normalized spacial score (nSPS) is 27.3. The first-order valence-corrected chi connectivity index (χ1v) is 15.8. The number of carbonyl (C=O) groups excluding carboxylic acids is 2. The second-order valence-corrected chi connectivity index (χ2v) is 12.3. The molecule has 2 heterocycles. The predicted molar refractivity (Wildman–Crippen MR) is 163 cm³/mol. The topological polar surface area (TPSA) is 145 Å². The number of ketones is 2. The number of hydrogen-bond acceptors (Lipinski definition) is 8. The summed E-state index contributed by atoms with van der Waals surface area (Å²) in [5.41, 5.74) is 0.260. The molecule has 2 aromatic carbocycles. The maximum atomic E-state index is 13.8. The number of phenols is 2. The largest absolute Gasteiger partial charge is 0.633 e. The molecule has 0 saturated carbocycles. The van der Waals surface area contributed by atoms with E-state index in [1.165, 1.54) is 12.1 Å². The lowest BCUT2D eigenvalue weighted by molar-refractivity contribution is -0.906. The molecule has 12 heteroatoms. The Bertz CT molecular complexity index is 1260. The number of rotatable bonds is 10. The Labute approximate surface area is 255 Å². The van der Waals surface area contributed by atoms with Gasteiger partial charge in [-0.25, -0.2) is 0 Å². The third-order valence-corrected chi connectivity index (χ3v) is 9.93.